The Hall–Kier alpha value is -0.430. The molecule has 0 aliphatic carbocycles. The topological polar surface area (TPSA) is 46.0 Å². The molecular weight excluding hydrogens is 308 g/mol. The highest BCUT2D eigenvalue weighted by Gasteiger charge is 2.08. The number of aliphatic hydroxyl groups excluding tert-OH is 1. The van der Waals surface area contributed by atoms with Crippen LogP contribution < -0.4 is 0 Å². The van der Waals surface area contributed by atoms with E-state index < -0.39 is 6.10 Å². The third-order valence-electron chi connectivity index (χ3n) is 1.98. The summed E-state index contributed by atoms with van der Waals surface area (Å²) in [5.41, 5.74) is 0.897. The number of benzene rings is 1. The molecule has 0 saturated carbocycles. The zero-order valence-corrected chi connectivity index (χ0v) is 11.6. The van der Waals surface area contributed by atoms with E-state index in [-0.39, 0.29) is 0 Å². The fourth-order valence-corrected chi connectivity index (χ4v) is 3.21. The Kier molecular flexibility index (Phi) is 3.96. The maximum atomic E-state index is 9.45. The van der Waals surface area contributed by atoms with Crippen LogP contribution in [0, 0.1) is 0 Å². The van der Waals surface area contributed by atoms with Crippen LogP contribution in [0.5, 0.6) is 0 Å². The Labute approximate surface area is 110 Å². The second-order valence-corrected chi connectivity index (χ2v) is 6.10. The van der Waals surface area contributed by atoms with Gasteiger partial charge >= 0.3 is 0 Å². The Morgan fingerprint density at radius 3 is 2.88 bits per heavy atom. The van der Waals surface area contributed by atoms with Crippen LogP contribution in [0.4, 0.5) is 0 Å². The van der Waals surface area contributed by atoms with Crippen molar-refractivity contribution in [1.82, 2.24) is 9.36 Å². The van der Waals surface area contributed by atoms with E-state index in [1.807, 2.05) is 18.2 Å². The normalized spacial score (nSPS) is 12.7. The van der Waals surface area contributed by atoms with E-state index in [0.29, 0.717) is 0 Å². The fourth-order valence-electron chi connectivity index (χ4n) is 1.16. The number of rotatable bonds is 3. The lowest BCUT2D eigenvalue weighted by molar-refractivity contribution is 0.199. The van der Waals surface area contributed by atoms with Gasteiger partial charge in [-0.25, -0.2) is 4.98 Å². The van der Waals surface area contributed by atoms with Gasteiger partial charge in [-0.2, -0.15) is 4.37 Å². The van der Waals surface area contributed by atoms with Crippen LogP contribution in [0.1, 0.15) is 18.6 Å². The lowest BCUT2D eigenvalue weighted by atomic mass is 10.1. The monoisotopic (exact) mass is 316 g/mol. The maximum absolute atomic E-state index is 9.45. The number of hydrogen-bond acceptors (Lipinski definition) is 5. The average Bonchev–Trinajstić information content (AvgIpc) is 2.73. The predicted octanol–water partition coefficient (Wildman–Crippen LogP) is 3.51. The van der Waals surface area contributed by atoms with Crippen LogP contribution in [0.25, 0.3) is 0 Å². The summed E-state index contributed by atoms with van der Waals surface area (Å²) in [5.74, 6) is 0. The summed E-state index contributed by atoms with van der Waals surface area (Å²) >= 11 is 6.41. The van der Waals surface area contributed by atoms with E-state index in [4.69, 9.17) is 0 Å². The Morgan fingerprint density at radius 2 is 2.31 bits per heavy atom. The molecule has 1 heterocycles. The quantitative estimate of drug-likeness (QED) is 0.941. The van der Waals surface area contributed by atoms with Gasteiger partial charge in [0.2, 0.25) is 0 Å². The largest absolute Gasteiger partial charge is 0.389 e. The summed E-state index contributed by atoms with van der Waals surface area (Å²) in [6.07, 6.45) is 1.10. The number of aliphatic hydroxyl groups is 1. The summed E-state index contributed by atoms with van der Waals surface area (Å²) < 4.78 is 5.82. The number of nitrogens with zero attached hydrogens (tertiary/aromatic N) is 2. The minimum Gasteiger partial charge on any atom is -0.389 e. The molecule has 0 amide bonds. The van der Waals surface area contributed by atoms with Crippen molar-refractivity contribution in [2.75, 3.05) is 0 Å². The van der Waals surface area contributed by atoms with Gasteiger partial charge in [0.25, 0.3) is 0 Å². The summed E-state index contributed by atoms with van der Waals surface area (Å²) in [5, 5.41) is 9.45. The molecule has 2 rings (SSSR count). The molecular formula is C10H9BrN2OS2. The molecule has 2 aromatic rings. The Bertz CT molecular complexity index is 474. The molecule has 16 heavy (non-hydrogen) atoms. The third kappa shape index (κ3) is 2.82. The van der Waals surface area contributed by atoms with Gasteiger partial charge in [0.15, 0.2) is 4.34 Å². The van der Waals surface area contributed by atoms with Crippen LogP contribution in [-0.2, 0) is 0 Å². The lowest BCUT2D eigenvalue weighted by Crippen LogP contribution is -1.90. The summed E-state index contributed by atoms with van der Waals surface area (Å²) in [6.45, 7) is 1.75. The summed E-state index contributed by atoms with van der Waals surface area (Å²) in [4.78, 5) is 5.18. The molecule has 0 unspecified atom stereocenters. The first-order valence-electron chi connectivity index (χ1n) is 4.59. The predicted molar refractivity (Wildman–Crippen MR) is 68.8 cm³/mol. The van der Waals surface area contributed by atoms with Gasteiger partial charge in [0, 0.05) is 9.37 Å². The van der Waals surface area contributed by atoms with Crippen molar-refractivity contribution in [3.05, 3.63) is 34.6 Å². The molecule has 1 N–H and O–H groups in total. The minimum absolute atomic E-state index is 0.447. The van der Waals surface area contributed by atoms with E-state index in [1.54, 1.807) is 25.0 Å². The smallest absolute Gasteiger partial charge is 0.174 e. The first kappa shape index (κ1) is 12.0. The van der Waals surface area contributed by atoms with Crippen molar-refractivity contribution >= 4 is 39.2 Å². The molecule has 0 saturated heterocycles. The van der Waals surface area contributed by atoms with E-state index in [9.17, 15) is 5.11 Å². The number of halogens is 1. The summed E-state index contributed by atoms with van der Waals surface area (Å²) in [7, 11) is 0. The molecule has 0 aliphatic heterocycles. The van der Waals surface area contributed by atoms with E-state index in [0.717, 1.165) is 19.3 Å². The van der Waals surface area contributed by atoms with Crippen LogP contribution in [0.3, 0.4) is 0 Å². The van der Waals surface area contributed by atoms with Gasteiger partial charge in [0.1, 0.15) is 6.33 Å². The fraction of sp³-hybridized carbons (Fsp3) is 0.200. The van der Waals surface area contributed by atoms with Crippen molar-refractivity contribution in [1.29, 1.82) is 0 Å². The van der Waals surface area contributed by atoms with Crippen molar-refractivity contribution in [2.24, 2.45) is 0 Å². The summed E-state index contributed by atoms with van der Waals surface area (Å²) in [6, 6.07) is 5.81. The standard InChI is InChI=1S/C10H9BrN2OS2/c1-6(14)7-2-3-9(8(11)4-7)15-10-12-5-13-16-10/h2-6,14H,1H3/t6-/m0/s1. The average molecular weight is 317 g/mol. The lowest BCUT2D eigenvalue weighted by Gasteiger charge is -2.07. The van der Waals surface area contributed by atoms with E-state index in [2.05, 4.69) is 25.3 Å². The van der Waals surface area contributed by atoms with Crippen LogP contribution in [0.2, 0.25) is 0 Å². The van der Waals surface area contributed by atoms with Gasteiger partial charge in [-0.15, -0.1) is 0 Å². The van der Waals surface area contributed by atoms with Crippen molar-refractivity contribution in [3.63, 3.8) is 0 Å². The zero-order chi connectivity index (χ0) is 11.5. The molecule has 1 aromatic heterocycles. The van der Waals surface area contributed by atoms with Crippen molar-refractivity contribution < 1.29 is 5.11 Å². The second-order valence-electron chi connectivity index (χ2n) is 3.18. The SMILES string of the molecule is C[C@H](O)c1ccc(Sc2ncns2)c(Br)c1. The second kappa shape index (κ2) is 5.27. The Balaban J connectivity index is 2.23. The van der Waals surface area contributed by atoms with E-state index in [1.165, 1.54) is 11.5 Å². The Morgan fingerprint density at radius 1 is 1.50 bits per heavy atom. The highest BCUT2D eigenvalue weighted by molar-refractivity contribution is 9.10. The molecule has 6 heteroatoms. The van der Waals surface area contributed by atoms with Crippen molar-refractivity contribution in [2.45, 2.75) is 22.3 Å². The highest BCUT2D eigenvalue weighted by Crippen LogP contribution is 2.35. The van der Waals surface area contributed by atoms with Crippen LogP contribution in [-0.4, -0.2) is 14.5 Å². The first-order valence-corrected chi connectivity index (χ1v) is 6.97. The van der Waals surface area contributed by atoms with Gasteiger partial charge < -0.3 is 5.11 Å². The molecule has 1 aromatic carbocycles. The number of aromatic nitrogens is 2. The molecule has 0 fully saturated rings. The molecule has 0 bridgehead atoms. The maximum Gasteiger partial charge on any atom is 0.174 e. The molecule has 0 aliphatic rings. The van der Waals surface area contributed by atoms with Gasteiger partial charge in [-0.05, 0) is 52.1 Å². The van der Waals surface area contributed by atoms with Crippen LogP contribution in [0.15, 0.2) is 38.2 Å². The van der Waals surface area contributed by atoms with E-state index >= 15 is 0 Å². The highest BCUT2D eigenvalue weighted by atomic mass is 79.9. The minimum atomic E-state index is -0.447. The van der Waals surface area contributed by atoms with Gasteiger partial charge in [-0.1, -0.05) is 17.8 Å². The van der Waals surface area contributed by atoms with Crippen LogP contribution >= 0.6 is 39.2 Å². The third-order valence-corrected chi connectivity index (χ3v) is 4.69. The van der Waals surface area contributed by atoms with Crippen molar-refractivity contribution in [3.8, 4) is 0 Å². The number of hydrogen-bond donors (Lipinski definition) is 1. The van der Waals surface area contributed by atoms with Gasteiger partial charge in [-0.3, -0.25) is 0 Å². The van der Waals surface area contributed by atoms with Gasteiger partial charge in [0.05, 0.1) is 6.10 Å². The molecule has 3 nitrogen and oxygen atoms in total. The molecule has 0 spiro atoms. The molecule has 1 atom stereocenters. The molecule has 84 valence electrons. The zero-order valence-electron chi connectivity index (χ0n) is 8.42. The first-order chi connectivity index (χ1) is 7.66. The molecule has 0 radical (unpaired) electrons.